The second-order valence-corrected chi connectivity index (χ2v) is 6.43. The average Bonchev–Trinajstić information content (AvgIpc) is 2.91. The molecule has 2 atom stereocenters. The molecule has 1 saturated heterocycles. The first-order chi connectivity index (χ1) is 10.8. The van der Waals surface area contributed by atoms with Crippen molar-refractivity contribution in [2.75, 3.05) is 0 Å². The van der Waals surface area contributed by atoms with Gasteiger partial charge >= 0.3 is 12.3 Å². The molecule has 1 amide bonds. The molecule has 0 N–H and O–H groups in total. The van der Waals surface area contributed by atoms with Gasteiger partial charge in [0.25, 0.3) is 5.78 Å². The Bertz CT molecular complexity index is 632. The van der Waals surface area contributed by atoms with Gasteiger partial charge in [0.15, 0.2) is 0 Å². The van der Waals surface area contributed by atoms with Gasteiger partial charge in [-0.05, 0) is 45.2 Å². The molecular formula is C16H20N4O3. The number of amides is 1. The largest absolute Gasteiger partial charge is 0.444 e. The van der Waals surface area contributed by atoms with E-state index in [4.69, 9.17) is 10.3 Å². The first kappa shape index (κ1) is 16.8. The Labute approximate surface area is 134 Å². The van der Waals surface area contributed by atoms with Gasteiger partial charge in [0.2, 0.25) is 0 Å². The van der Waals surface area contributed by atoms with E-state index < -0.39 is 23.5 Å². The molecule has 1 aromatic rings. The van der Waals surface area contributed by atoms with Crippen molar-refractivity contribution >= 4 is 18.1 Å². The third kappa shape index (κ3) is 4.02. The molecule has 7 heteroatoms. The minimum Gasteiger partial charge on any atom is -0.444 e. The minimum absolute atomic E-state index is 0.292. The smallest absolute Gasteiger partial charge is 0.411 e. The SMILES string of the molecule is CC(C)(C)OC(=O)N1[C@@H](c2cccnc2)CC[C@H]1C(=O)C=[N+]=[N-]. The van der Waals surface area contributed by atoms with Crippen molar-refractivity contribution in [2.45, 2.75) is 51.3 Å². The van der Waals surface area contributed by atoms with Gasteiger partial charge in [-0.3, -0.25) is 14.7 Å². The molecule has 1 aliphatic rings. The average molecular weight is 316 g/mol. The van der Waals surface area contributed by atoms with Gasteiger partial charge in [-0.2, -0.15) is 4.79 Å². The number of rotatable bonds is 3. The number of pyridine rings is 1. The molecule has 0 radical (unpaired) electrons. The summed E-state index contributed by atoms with van der Waals surface area (Å²) in [7, 11) is 0. The molecule has 0 spiro atoms. The topological polar surface area (TPSA) is 95.9 Å². The summed E-state index contributed by atoms with van der Waals surface area (Å²) < 4.78 is 5.44. The van der Waals surface area contributed by atoms with E-state index in [1.807, 2.05) is 6.07 Å². The summed E-state index contributed by atoms with van der Waals surface area (Å²) in [6.45, 7) is 5.31. The van der Waals surface area contributed by atoms with Gasteiger partial charge in [-0.15, -0.1) is 0 Å². The van der Waals surface area contributed by atoms with Gasteiger partial charge in [-0.1, -0.05) is 6.07 Å². The number of hydrogen-bond donors (Lipinski definition) is 0. The van der Waals surface area contributed by atoms with Crippen molar-refractivity contribution in [1.29, 1.82) is 0 Å². The molecule has 23 heavy (non-hydrogen) atoms. The van der Waals surface area contributed by atoms with Crippen LogP contribution in [0.1, 0.15) is 45.2 Å². The maximum absolute atomic E-state index is 12.6. The monoisotopic (exact) mass is 316 g/mol. The van der Waals surface area contributed by atoms with Crippen LogP contribution in [0.3, 0.4) is 0 Å². The quantitative estimate of drug-likeness (QED) is 0.486. The highest BCUT2D eigenvalue weighted by molar-refractivity contribution is 6.28. The van der Waals surface area contributed by atoms with Crippen molar-refractivity contribution in [3.63, 3.8) is 0 Å². The molecule has 1 aliphatic heterocycles. The number of hydrogen-bond acceptors (Lipinski definition) is 4. The molecule has 0 unspecified atom stereocenters. The van der Waals surface area contributed by atoms with Crippen LogP contribution in [0.5, 0.6) is 0 Å². The van der Waals surface area contributed by atoms with E-state index in [1.165, 1.54) is 4.90 Å². The third-order valence-corrected chi connectivity index (χ3v) is 3.57. The second-order valence-electron chi connectivity index (χ2n) is 6.43. The first-order valence-electron chi connectivity index (χ1n) is 7.46. The lowest BCUT2D eigenvalue weighted by molar-refractivity contribution is -0.120. The van der Waals surface area contributed by atoms with Gasteiger partial charge in [0.1, 0.15) is 11.6 Å². The molecular weight excluding hydrogens is 296 g/mol. The lowest BCUT2D eigenvalue weighted by Gasteiger charge is -2.31. The highest BCUT2D eigenvalue weighted by Gasteiger charge is 2.44. The Morgan fingerprint density at radius 1 is 1.43 bits per heavy atom. The van der Waals surface area contributed by atoms with Gasteiger partial charge < -0.3 is 10.3 Å². The van der Waals surface area contributed by atoms with E-state index in [0.717, 1.165) is 11.8 Å². The predicted octanol–water partition coefficient (Wildman–Crippen LogP) is 2.39. The minimum atomic E-state index is -0.703. The molecule has 1 fully saturated rings. The van der Waals surface area contributed by atoms with Crippen LogP contribution in [0.2, 0.25) is 0 Å². The molecule has 2 rings (SSSR count). The number of nitrogens with zero attached hydrogens (tertiary/aromatic N) is 4. The van der Waals surface area contributed by atoms with E-state index in [9.17, 15) is 9.59 Å². The van der Waals surface area contributed by atoms with E-state index in [-0.39, 0.29) is 6.04 Å². The fourth-order valence-electron chi connectivity index (χ4n) is 2.70. The summed E-state index contributed by atoms with van der Waals surface area (Å²) in [5.74, 6) is -0.426. The predicted molar refractivity (Wildman–Crippen MR) is 82.8 cm³/mol. The van der Waals surface area contributed by atoms with E-state index >= 15 is 0 Å². The number of ether oxygens (including phenoxy) is 1. The summed E-state index contributed by atoms with van der Waals surface area (Å²) in [6.07, 6.45) is 4.68. The Kier molecular flexibility index (Phi) is 4.91. The maximum Gasteiger partial charge on any atom is 0.411 e. The normalized spacial score (nSPS) is 20.7. The lowest BCUT2D eigenvalue weighted by atomic mass is 10.1. The molecule has 0 saturated carbocycles. The van der Waals surface area contributed by atoms with Crippen molar-refractivity contribution < 1.29 is 19.1 Å². The van der Waals surface area contributed by atoms with Crippen LogP contribution in [0.15, 0.2) is 24.5 Å². The Morgan fingerprint density at radius 3 is 2.74 bits per heavy atom. The summed E-state index contributed by atoms with van der Waals surface area (Å²) in [5, 5.41) is 0. The van der Waals surface area contributed by atoms with Gasteiger partial charge in [0, 0.05) is 12.4 Å². The highest BCUT2D eigenvalue weighted by Crippen LogP contribution is 2.37. The number of aromatic nitrogens is 1. The van der Waals surface area contributed by atoms with E-state index in [0.29, 0.717) is 12.8 Å². The zero-order valence-corrected chi connectivity index (χ0v) is 13.5. The van der Waals surface area contributed by atoms with Crippen molar-refractivity contribution in [2.24, 2.45) is 0 Å². The first-order valence-corrected chi connectivity index (χ1v) is 7.46. The van der Waals surface area contributed by atoms with Crippen LogP contribution in [-0.2, 0) is 9.53 Å². The van der Waals surface area contributed by atoms with E-state index in [1.54, 1.807) is 39.2 Å². The van der Waals surface area contributed by atoms with Crippen molar-refractivity contribution in [3.05, 3.63) is 35.6 Å². The number of Topliss-reactive ketones (excluding diaryl/α,β-unsaturated/α-hetero) is 1. The van der Waals surface area contributed by atoms with Crippen LogP contribution < -0.4 is 0 Å². The van der Waals surface area contributed by atoms with Crippen LogP contribution in [-0.4, -0.2) is 44.4 Å². The summed E-state index contributed by atoms with van der Waals surface area (Å²) in [5.41, 5.74) is 8.77. The third-order valence-electron chi connectivity index (χ3n) is 3.57. The Balaban J connectivity index is 2.34. The standard InChI is InChI=1S/C16H20N4O3/c1-16(2,3)23-15(22)20-12(11-5-4-8-18-9-11)6-7-13(20)14(21)10-19-17/h4-5,8-10,12-13H,6-7H2,1-3H3/t12-,13+/m1/s1. The Morgan fingerprint density at radius 2 is 2.17 bits per heavy atom. The van der Waals surface area contributed by atoms with Crippen LogP contribution in [0.25, 0.3) is 5.53 Å². The lowest BCUT2D eigenvalue weighted by Crippen LogP contribution is -2.45. The molecule has 2 heterocycles. The molecule has 0 aliphatic carbocycles. The van der Waals surface area contributed by atoms with Gasteiger partial charge in [-0.25, -0.2) is 4.79 Å². The second kappa shape index (κ2) is 6.71. The molecule has 122 valence electrons. The number of ketones is 1. The zero-order chi connectivity index (χ0) is 17.0. The number of likely N-dealkylation sites (tertiary alicyclic amines) is 1. The van der Waals surface area contributed by atoms with Crippen LogP contribution in [0, 0.1) is 0 Å². The molecule has 1 aromatic heterocycles. The van der Waals surface area contributed by atoms with Crippen molar-refractivity contribution in [3.8, 4) is 0 Å². The molecule has 7 nitrogen and oxygen atoms in total. The highest BCUT2D eigenvalue weighted by atomic mass is 16.6. The summed E-state index contributed by atoms with van der Waals surface area (Å²) >= 11 is 0. The number of carbonyl (C=O) groups is 2. The Hall–Kier alpha value is -2.53. The molecule has 0 aromatic carbocycles. The van der Waals surface area contributed by atoms with Crippen LogP contribution in [0.4, 0.5) is 4.79 Å². The number of carbonyl (C=O) groups excluding carboxylic acids is 2. The fraction of sp³-hybridized carbons (Fsp3) is 0.500. The van der Waals surface area contributed by atoms with E-state index in [2.05, 4.69) is 9.77 Å². The van der Waals surface area contributed by atoms with Crippen LogP contribution >= 0.6 is 0 Å². The van der Waals surface area contributed by atoms with Gasteiger partial charge in [0.05, 0.1) is 6.04 Å². The molecule has 0 bridgehead atoms. The summed E-state index contributed by atoms with van der Waals surface area (Å²) in [6, 6.07) is 2.65. The fourth-order valence-corrected chi connectivity index (χ4v) is 2.70. The summed E-state index contributed by atoms with van der Waals surface area (Å²) in [4.78, 5) is 33.0. The zero-order valence-electron chi connectivity index (χ0n) is 13.5. The maximum atomic E-state index is 12.6. The van der Waals surface area contributed by atoms with Crippen molar-refractivity contribution in [1.82, 2.24) is 9.88 Å².